The maximum absolute atomic E-state index is 12.3. The van der Waals surface area contributed by atoms with Crippen molar-refractivity contribution in [1.82, 2.24) is 10.3 Å². The Morgan fingerprint density at radius 3 is 2.52 bits per heavy atom. The summed E-state index contributed by atoms with van der Waals surface area (Å²) >= 11 is 0. The molecule has 8 heteroatoms. The van der Waals surface area contributed by atoms with E-state index in [0.717, 1.165) is 0 Å². The number of amides is 1. The number of aliphatic hydroxyl groups is 1. The monoisotopic (exact) mass is 396 g/mol. The van der Waals surface area contributed by atoms with Gasteiger partial charge < -0.3 is 25.0 Å². The number of aromatic hydroxyl groups is 1. The van der Waals surface area contributed by atoms with E-state index >= 15 is 0 Å². The molecule has 3 aromatic rings. The highest BCUT2D eigenvalue weighted by Gasteiger charge is 2.20. The number of benzene rings is 2. The van der Waals surface area contributed by atoms with Crippen molar-refractivity contribution in [3.63, 3.8) is 0 Å². The van der Waals surface area contributed by atoms with E-state index in [4.69, 9.17) is 9.47 Å². The van der Waals surface area contributed by atoms with E-state index in [1.54, 1.807) is 37.3 Å². The molecule has 0 saturated heterocycles. The number of hydrogen-bond donors (Lipinski definition) is 3. The van der Waals surface area contributed by atoms with Crippen LogP contribution in [0.3, 0.4) is 0 Å². The first-order valence-corrected chi connectivity index (χ1v) is 8.96. The molecular formula is C21H20N2O6. The minimum absolute atomic E-state index is 0.191. The van der Waals surface area contributed by atoms with Crippen molar-refractivity contribution in [1.29, 1.82) is 0 Å². The summed E-state index contributed by atoms with van der Waals surface area (Å²) in [6.45, 7) is 1.03. The molecule has 1 heterocycles. The average molecular weight is 396 g/mol. The van der Waals surface area contributed by atoms with E-state index in [1.807, 2.05) is 18.2 Å². The Balaban J connectivity index is 1.92. The number of pyridine rings is 1. The van der Waals surface area contributed by atoms with Crippen molar-refractivity contribution in [2.45, 2.75) is 13.5 Å². The molecule has 0 aliphatic rings. The minimum Gasteiger partial charge on any atom is -0.505 e. The molecule has 0 fully saturated rings. The number of hydrogen-bond acceptors (Lipinski definition) is 7. The molecule has 3 N–H and O–H groups in total. The van der Waals surface area contributed by atoms with Gasteiger partial charge >= 0.3 is 5.97 Å². The fourth-order valence-electron chi connectivity index (χ4n) is 2.76. The van der Waals surface area contributed by atoms with Gasteiger partial charge in [0.05, 0.1) is 18.9 Å². The molecule has 29 heavy (non-hydrogen) atoms. The van der Waals surface area contributed by atoms with Crippen LogP contribution in [0.1, 0.15) is 23.1 Å². The second kappa shape index (κ2) is 9.03. The van der Waals surface area contributed by atoms with Gasteiger partial charge in [-0.3, -0.25) is 9.59 Å². The van der Waals surface area contributed by atoms with Crippen molar-refractivity contribution in [3.8, 4) is 17.2 Å². The van der Waals surface area contributed by atoms with Gasteiger partial charge in [0.15, 0.2) is 11.4 Å². The summed E-state index contributed by atoms with van der Waals surface area (Å²) < 4.78 is 10.5. The lowest BCUT2D eigenvalue weighted by molar-refractivity contribution is -0.141. The molecule has 0 bridgehead atoms. The van der Waals surface area contributed by atoms with Gasteiger partial charge in [0.2, 0.25) is 0 Å². The Kier molecular flexibility index (Phi) is 6.25. The van der Waals surface area contributed by atoms with Gasteiger partial charge in [-0.05, 0) is 37.3 Å². The molecule has 1 amide bonds. The van der Waals surface area contributed by atoms with Crippen LogP contribution in [0.15, 0.2) is 48.5 Å². The predicted octanol–water partition coefficient (Wildman–Crippen LogP) is 2.52. The van der Waals surface area contributed by atoms with E-state index in [0.29, 0.717) is 22.3 Å². The molecule has 0 saturated carbocycles. The SMILES string of the molecule is CCOC(=O)CNC(=O)c1nc(CO)c2cc(Oc3ccccc3)ccc2c1O. The molecule has 0 atom stereocenters. The summed E-state index contributed by atoms with van der Waals surface area (Å²) in [5, 5.41) is 23.3. The van der Waals surface area contributed by atoms with Crippen molar-refractivity contribution in [3.05, 3.63) is 59.9 Å². The fraction of sp³-hybridized carbons (Fsp3) is 0.190. The summed E-state index contributed by atoms with van der Waals surface area (Å²) in [4.78, 5) is 27.8. The summed E-state index contributed by atoms with van der Waals surface area (Å²) in [6, 6.07) is 14.0. The Morgan fingerprint density at radius 1 is 1.07 bits per heavy atom. The minimum atomic E-state index is -0.753. The molecule has 1 aromatic heterocycles. The third-order valence-electron chi connectivity index (χ3n) is 4.07. The Morgan fingerprint density at radius 2 is 1.83 bits per heavy atom. The van der Waals surface area contributed by atoms with Crippen molar-refractivity contribution >= 4 is 22.6 Å². The maximum atomic E-state index is 12.3. The van der Waals surface area contributed by atoms with Gasteiger partial charge in [0, 0.05) is 10.8 Å². The van der Waals surface area contributed by atoms with Crippen molar-refractivity contribution < 1.29 is 29.3 Å². The first-order valence-electron chi connectivity index (χ1n) is 8.96. The van der Waals surface area contributed by atoms with E-state index in [2.05, 4.69) is 10.3 Å². The lowest BCUT2D eigenvalue weighted by Gasteiger charge is -2.13. The van der Waals surface area contributed by atoms with Gasteiger partial charge in [-0.25, -0.2) is 4.98 Å². The van der Waals surface area contributed by atoms with Crippen LogP contribution >= 0.6 is 0 Å². The first-order chi connectivity index (χ1) is 14.0. The van der Waals surface area contributed by atoms with E-state index < -0.39 is 18.5 Å². The third kappa shape index (κ3) is 4.61. The Bertz CT molecular complexity index is 1040. The zero-order valence-corrected chi connectivity index (χ0v) is 15.7. The molecule has 150 valence electrons. The van der Waals surface area contributed by atoms with E-state index in [1.165, 1.54) is 0 Å². The number of esters is 1. The molecule has 3 rings (SSSR count). The predicted molar refractivity (Wildman–Crippen MR) is 105 cm³/mol. The first kappa shape index (κ1) is 20.1. The van der Waals surface area contributed by atoms with Crippen LogP contribution in [0, 0.1) is 0 Å². The molecule has 0 aliphatic carbocycles. The van der Waals surface area contributed by atoms with Crippen LogP contribution < -0.4 is 10.1 Å². The second-order valence-electron chi connectivity index (χ2n) is 6.02. The zero-order valence-electron chi connectivity index (χ0n) is 15.7. The summed E-state index contributed by atoms with van der Waals surface area (Å²) in [7, 11) is 0. The van der Waals surface area contributed by atoms with Crippen LogP contribution in [-0.4, -0.2) is 40.2 Å². The van der Waals surface area contributed by atoms with Crippen molar-refractivity contribution in [2.24, 2.45) is 0 Å². The average Bonchev–Trinajstić information content (AvgIpc) is 2.73. The number of aliphatic hydroxyl groups excluding tert-OH is 1. The number of para-hydroxylation sites is 1. The zero-order chi connectivity index (χ0) is 20.8. The number of nitrogens with one attached hydrogen (secondary N) is 1. The molecule has 0 radical (unpaired) electrons. The van der Waals surface area contributed by atoms with Gasteiger partial charge in [-0.1, -0.05) is 18.2 Å². The molecule has 2 aromatic carbocycles. The number of carbonyl (C=O) groups is 2. The van der Waals surface area contributed by atoms with Crippen LogP contribution in [0.4, 0.5) is 0 Å². The lowest BCUT2D eigenvalue weighted by atomic mass is 10.1. The standard InChI is InChI=1S/C21H20N2O6/c1-2-28-18(25)11-22-21(27)19-20(26)15-9-8-14(10-16(15)17(12-24)23-19)29-13-6-4-3-5-7-13/h3-10,24,26H,2,11-12H2,1H3,(H,22,27). The van der Waals surface area contributed by atoms with Crippen LogP contribution in [0.2, 0.25) is 0 Å². The van der Waals surface area contributed by atoms with Crippen LogP contribution in [0.5, 0.6) is 17.2 Å². The molecule has 0 spiro atoms. The van der Waals surface area contributed by atoms with Gasteiger partial charge in [-0.2, -0.15) is 0 Å². The quantitative estimate of drug-likeness (QED) is 0.525. The third-order valence-corrected chi connectivity index (χ3v) is 4.07. The second-order valence-corrected chi connectivity index (χ2v) is 6.02. The largest absolute Gasteiger partial charge is 0.505 e. The van der Waals surface area contributed by atoms with E-state index in [9.17, 15) is 19.8 Å². The van der Waals surface area contributed by atoms with E-state index in [-0.39, 0.29) is 30.3 Å². The highest BCUT2D eigenvalue weighted by Crippen LogP contribution is 2.33. The topological polar surface area (TPSA) is 118 Å². The number of carbonyl (C=O) groups excluding carboxylic acids is 2. The summed E-state index contributed by atoms with van der Waals surface area (Å²) in [5.41, 5.74) is -0.0971. The maximum Gasteiger partial charge on any atom is 0.325 e. The number of ether oxygens (including phenoxy) is 2. The lowest BCUT2D eigenvalue weighted by Crippen LogP contribution is -2.31. The summed E-state index contributed by atoms with van der Waals surface area (Å²) in [5.74, 6) is -0.601. The van der Waals surface area contributed by atoms with Gasteiger partial charge in [-0.15, -0.1) is 0 Å². The van der Waals surface area contributed by atoms with Gasteiger partial charge in [0.1, 0.15) is 18.0 Å². The van der Waals surface area contributed by atoms with Gasteiger partial charge in [0.25, 0.3) is 5.91 Å². The number of fused-ring (bicyclic) bond motifs is 1. The Labute approximate surface area is 166 Å². The molecular weight excluding hydrogens is 376 g/mol. The highest BCUT2D eigenvalue weighted by atomic mass is 16.5. The normalized spacial score (nSPS) is 10.6. The molecule has 8 nitrogen and oxygen atoms in total. The van der Waals surface area contributed by atoms with Crippen LogP contribution in [0.25, 0.3) is 10.8 Å². The number of nitrogens with zero attached hydrogens (tertiary/aromatic N) is 1. The Hall–Kier alpha value is -3.65. The molecule has 0 aliphatic heterocycles. The van der Waals surface area contributed by atoms with Crippen LogP contribution in [-0.2, 0) is 16.1 Å². The smallest absolute Gasteiger partial charge is 0.325 e. The fourth-order valence-corrected chi connectivity index (χ4v) is 2.76. The number of aromatic nitrogens is 1. The number of rotatable bonds is 7. The molecule has 0 unspecified atom stereocenters. The highest BCUT2D eigenvalue weighted by molar-refractivity contribution is 6.03. The van der Waals surface area contributed by atoms with Crippen molar-refractivity contribution in [2.75, 3.05) is 13.2 Å². The summed E-state index contributed by atoms with van der Waals surface area (Å²) in [6.07, 6.45) is 0.